The molecule has 252 valence electrons. The maximum Gasteiger partial charge on any atom is 0.0274 e. The molecule has 0 radical (unpaired) electrons. The van der Waals surface area contributed by atoms with Crippen molar-refractivity contribution in [3.63, 3.8) is 0 Å². The summed E-state index contributed by atoms with van der Waals surface area (Å²) in [6.07, 6.45) is 20.9. The molecule has 0 saturated heterocycles. The fraction of sp³-hybridized carbons (Fsp3) is 0.111. The number of rotatable bonds is 6. The minimum absolute atomic E-state index is 0.122. The molecule has 0 heterocycles. The number of hydrogen-bond acceptors (Lipinski definition) is 0. The normalized spacial score (nSPS) is 16.5. The summed E-state index contributed by atoms with van der Waals surface area (Å²) < 4.78 is 0. The van der Waals surface area contributed by atoms with Crippen LogP contribution in [0.15, 0.2) is 146 Å². The summed E-state index contributed by atoms with van der Waals surface area (Å²) >= 11 is 0. The van der Waals surface area contributed by atoms with Crippen LogP contribution in [0, 0.1) is 37.0 Å². The zero-order valence-corrected chi connectivity index (χ0v) is 29.9. The van der Waals surface area contributed by atoms with Crippen LogP contribution >= 0.6 is 0 Å². The maximum absolute atomic E-state index is 6.14. The molecule has 3 atom stereocenters. The van der Waals surface area contributed by atoms with Crippen LogP contribution < -0.4 is 0 Å². The summed E-state index contributed by atoms with van der Waals surface area (Å²) in [6.45, 7) is 0. The molecule has 0 fully saturated rings. The molecule has 0 bridgehead atoms. The lowest BCUT2D eigenvalue weighted by Crippen LogP contribution is -2.10. The molecule has 0 unspecified atom stereocenters. The Bertz CT molecular complexity index is 2480. The van der Waals surface area contributed by atoms with Crippen molar-refractivity contribution in [1.29, 1.82) is 0 Å². The Hall–Kier alpha value is -6.78. The van der Waals surface area contributed by atoms with Crippen LogP contribution in [-0.2, 0) is 19.3 Å². The summed E-state index contributed by atoms with van der Waals surface area (Å²) in [7, 11) is 0. The Labute approximate surface area is 318 Å². The molecular formula is C54H36. The first kappa shape index (κ1) is 31.9. The highest BCUT2D eigenvalue weighted by molar-refractivity contribution is 6.03. The third-order valence-corrected chi connectivity index (χ3v) is 12.3. The van der Waals surface area contributed by atoms with Crippen molar-refractivity contribution < 1.29 is 0 Å². The largest absolute Gasteiger partial charge is 0.115 e. The summed E-state index contributed by atoms with van der Waals surface area (Å²) in [4.78, 5) is 0. The van der Waals surface area contributed by atoms with E-state index in [1.165, 1.54) is 83.5 Å². The van der Waals surface area contributed by atoms with Crippen molar-refractivity contribution >= 4 is 0 Å². The SMILES string of the molecule is C#Cc1ccccc1C[C@@H]1c2ccccc2-c2c1c1c(c3c2[C@H](Cc2ccccc2C#C)c2ccccc2-3)[C@H](Cc2ccccc2C#C)c2ccccc2-1. The molecule has 3 aliphatic rings. The molecule has 0 aliphatic heterocycles. The van der Waals surface area contributed by atoms with Gasteiger partial charge >= 0.3 is 0 Å². The van der Waals surface area contributed by atoms with E-state index in [4.69, 9.17) is 19.3 Å². The van der Waals surface area contributed by atoms with Gasteiger partial charge in [0.25, 0.3) is 0 Å². The molecular weight excluding hydrogens is 649 g/mol. The van der Waals surface area contributed by atoms with Gasteiger partial charge in [0.15, 0.2) is 0 Å². The molecule has 0 saturated carbocycles. The molecule has 7 aromatic rings. The highest BCUT2D eigenvalue weighted by Gasteiger charge is 2.46. The average molecular weight is 685 g/mol. The van der Waals surface area contributed by atoms with E-state index in [1.807, 2.05) is 18.2 Å². The Morgan fingerprint density at radius 2 is 0.593 bits per heavy atom. The molecule has 0 N–H and O–H groups in total. The van der Waals surface area contributed by atoms with E-state index >= 15 is 0 Å². The van der Waals surface area contributed by atoms with Gasteiger partial charge in [-0.3, -0.25) is 0 Å². The van der Waals surface area contributed by atoms with E-state index in [2.05, 4.69) is 145 Å². The van der Waals surface area contributed by atoms with Crippen molar-refractivity contribution in [2.45, 2.75) is 37.0 Å². The van der Waals surface area contributed by atoms with Gasteiger partial charge in [0, 0.05) is 34.4 Å². The number of hydrogen-bond donors (Lipinski definition) is 0. The zero-order valence-electron chi connectivity index (χ0n) is 29.9. The third-order valence-electron chi connectivity index (χ3n) is 12.3. The first-order valence-electron chi connectivity index (χ1n) is 18.8. The van der Waals surface area contributed by atoms with Crippen LogP contribution in [0.2, 0.25) is 0 Å². The van der Waals surface area contributed by atoms with Crippen LogP contribution in [0.4, 0.5) is 0 Å². The molecule has 7 aromatic carbocycles. The molecule has 0 spiro atoms. The molecule has 0 heteroatoms. The van der Waals surface area contributed by atoms with Gasteiger partial charge in [-0.2, -0.15) is 0 Å². The van der Waals surface area contributed by atoms with E-state index in [1.54, 1.807) is 0 Å². The summed E-state index contributed by atoms with van der Waals surface area (Å²) in [6, 6.07) is 52.7. The van der Waals surface area contributed by atoms with E-state index in [-0.39, 0.29) is 17.8 Å². The van der Waals surface area contributed by atoms with Crippen molar-refractivity contribution in [2.75, 3.05) is 0 Å². The van der Waals surface area contributed by atoms with Gasteiger partial charge in [-0.05, 0) is 121 Å². The Kier molecular flexibility index (Phi) is 7.51. The lowest BCUT2D eigenvalue weighted by atomic mass is 9.77. The Balaban J connectivity index is 1.32. The lowest BCUT2D eigenvalue weighted by molar-refractivity contribution is 0.800. The molecule has 0 aromatic heterocycles. The predicted octanol–water partition coefficient (Wildman–Crippen LogP) is 11.7. The minimum Gasteiger partial charge on any atom is -0.115 e. The van der Waals surface area contributed by atoms with E-state index in [0.717, 1.165) is 36.0 Å². The second-order valence-electron chi connectivity index (χ2n) is 14.8. The summed E-state index contributed by atoms with van der Waals surface area (Å²) in [5, 5.41) is 0. The lowest BCUT2D eigenvalue weighted by Gasteiger charge is -2.25. The van der Waals surface area contributed by atoms with E-state index < -0.39 is 0 Å². The van der Waals surface area contributed by atoms with Gasteiger partial charge in [-0.1, -0.05) is 145 Å². The number of terminal acetylenes is 3. The van der Waals surface area contributed by atoms with Gasteiger partial charge in [0.2, 0.25) is 0 Å². The standard InChI is InChI=1S/C54H36/c1-4-34-19-7-10-22-37(34)31-46-40-25-13-16-28-43(40)49-52(46)50-44-29-17-14-26-41(44)47(32-38-23-11-8-20-35(38)5-2)54(50)51-45-30-18-15-27-42(45)48(53(49)51)33-39-24-12-9-21-36(39)6-3/h1-3,7-30,46-48H,31-33H2/t46-,47-,48-/m1/s1. The van der Waals surface area contributed by atoms with Crippen molar-refractivity contribution in [1.82, 2.24) is 0 Å². The number of fused-ring (bicyclic) bond motifs is 12. The Morgan fingerprint density at radius 1 is 0.333 bits per heavy atom. The third kappa shape index (κ3) is 4.70. The van der Waals surface area contributed by atoms with Gasteiger partial charge in [0.05, 0.1) is 0 Å². The van der Waals surface area contributed by atoms with E-state index in [0.29, 0.717) is 0 Å². The highest BCUT2D eigenvalue weighted by atomic mass is 14.5. The zero-order chi connectivity index (χ0) is 36.3. The van der Waals surface area contributed by atoms with Crippen LogP contribution in [-0.4, -0.2) is 0 Å². The van der Waals surface area contributed by atoms with Crippen molar-refractivity contribution in [2.24, 2.45) is 0 Å². The smallest absolute Gasteiger partial charge is 0.0274 e. The van der Waals surface area contributed by atoms with Gasteiger partial charge in [-0.25, -0.2) is 0 Å². The fourth-order valence-electron chi connectivity index (χ4n) is 10.1. The molecule has 0 nitrogen and oxygen atoms in total. The predicted molar refractivity (Wildman–Crippen MR) is 223 cm³/mol. The quantitative estimate of drug-likeness (QED) is 0.153. The first-order valence-corrected chi connectivity index (χ1v) is 18.8. The second-order valence-corrected chi connectivity index (χ2v) is 14.8. The van der Waals surface area contributed by atoms with Crippen LogP contribution in [0.1, 0.15) is 84.5 Å². The highest BCUT2D eigenvalue weighted by Crippen LogP contribution is 2.65. The summed E-state index contributed by atoms with van der Waals surface area (Å²) in [5.74, 6) is 9.36. The number of benzene rings is 7. The van der Waals surface area contributed by atoms with Gasteiger partial charge in [0.1, 0.15) is 0 Å². The van der Waals surface area contributed by atoms with Gasteiger partial charge in [-0.15, -0.1) is 19.3 Å². The van der Waals surface area contributed by atoms with E-state index in [9.17, 15) is 0 Å². The molecule has 10 rings (SSSR count). The second kappa shape index (κ2) is 12.7. The van der Waals surface area contributed by atoms with Crippen LogP contribution in [0.3, 0.4) is 0 Å². The summed E-state index contributed by atoms with van der Waals surface area (Å²) in [5.41, 5.74) is 23.0. The fourth-order valence-corrected chi connectivity index (χ4v) is 10.1. The monoisotopic (exact) mass is 684 g/mol. The first-order chi connectivity index (χ1) is 26.7. The van der Waals surface area contributed by atoms with Gasteiger partial charge < -0.3 is 0 Å². The molecule has 3 aliphatic carbocycles. The van der Waals surface area contributed by atoms with Crippen LogP contribution in [0.5, 0.6) is 0 Å². The van der Waals surface area contributed by atoms with Crippen LogP contribution in [0.25, 0.3) is 33.4 Å². The molecule has 54 heavy (non-hydrogen) atoms. The average Bonchev–Trinajstić information content (AvgIpc) is 3.84. The maximum atomic E-state index is 6.14. The topological polar surface area (TPSA) is 0 Å². The van der Waals surface area contributed by atoms with Crippen molar-refractivity contribution in [3.8, 4) is 70.4 Å². The molecule has 0 amide bonds. The Morgan fingerprint density at radius 3 is 0.889 bits per heavy atom. The van der Waals surface area contributed by atoms with Crippen molar-refractivity contribution in [3.05, 3.63) is 212 Å². The minimum atomic E-state index is 0.122.